The lowest BCUT2D eigenvalue weighted by Gasteiger charge is -2.23. The van der Waals surface area contributed by atoms with Crippen molar-refractivity contribution in [3.63, 3.8) is 0 Å². The molecule has 94 valence electrons. The third kappa shape index (κ3) is 2.98. The molecule has 0 unspecified atom stereocenters. The number of carbonyl (C=O) groups excluding carboxylic acids is 1. The van der Waals surface area contributed by atoms with Gasteiger partial charge >= 0.3 is 0 Å². The topological polar surface area (TPSA) is 50.4 Å². The zero-order chi connectivity index (χ0) is 12.3. The number of nitrogens with one attached hydrogen (secondary N) is 2. The number of aryl methyl sites for hydroxylation is 1. The molecule has 0 radical (unpaired) electrons. The van der Waals surface area contributed by atoms with E-state index in [2.05, 4.69) is 10.6 Å². The highest BCUT2D eigenvalue weighted by atomic mass is 32.1. The summed E-state index contributed by atoms with van der Waals surface area (Å²) in [7, 11) is 1.60. The third-order valence-corrected chi connectivity index (χ3v) is 3.95. The molecule has 1 aromatic rings. The van der Waals surface area contributed by atoms with Crippen molar-refractivity contribution in [2.75, 3.05) is 20.2 Å². The van der Waals surface area contributed by atoms with Crippen LogP contribution in [0.4, 0.5) is 0 Å². The number of hydrogen-bond acceptors (Lipinski definition) is 4. The maximum absolute atomic E-state index is 12.1. The van der Waals surface area contributed by atoms with Gasteiger partial charge in [0.25, 0.3) is 5.91 Å². The summed E-state index contributed by atoms with van der Waals surface area (Å²) in [6, 6.07) is 2.19. The van der Waals surface area contributed by atoms with Gasteiger partial charge in [0, 0.05) is 10.9 Å². The maximum Gasteiger partial charge on any atom is 0.265 e. The van der Waals surface area contributed by atoms with Crippen LogP contribution < -0.4 is 15.4 Å². The highest BCUT2D eigenvalue weighted by molar-refractivity contribution is 7.14. The molecule has 0 saturated carbocycles. The molecular weight excluding hydrogens is 236 g/mol. The Kier molecular flexibility index (Phi) is 4.02. The zero-order valence-corrected chi connectivity index (χ0v) is 11.0. The molecule has 1 aliphatic rings. The molecule has 0 spiro atoms. The fourth-order valence-electron chi connectivity index (χ4n) is 2.02. The molecule has 1 fully saturated rings. The van der Waals surface area contributed by atoms with E-state index in [1.54, 1.807) is 7.11 Å². The van der Waals surface area contributed by atoms with Gasteiger partial charge in [-0.25, -0.2) is 0 Å². The molecule has 5 heteroatoms. The molecule has 0 aliphatic carbocycles. The highest BCUT2D eigenvalue weighted by Gasteiger charge is 2.20. The lowest BCUT2D eigenvalue weighted by molar-refractivity contribution is 0.0931. The van der Waals surface area contributed by atoms with Crippen LogP contribution in [0.3, 0.4) is 0 Å². The summed E-state index contributed by atoms with van der Waals surface area (Å²) in [6.07, 6.45) is 2.00. The summed E-state index contributed by atoms with van der Waals surface area (Å²) < 4.78 is 5.21. The van der Waals surface area contributed by atoms with Gasteiger partial charge < -0.3 is 15.4 Å². The van der Waals surface area contributed by atoms with E-state index < -0.39 is 0 Å². The first-order chi connectivity index (χ1) is 8.20. The largest absolute Gasteiger partial charge is 0.495 e. The van der Waals surface area contributed by atoms with Gasteiger partial charge in [-0.2, -0.15) is 0 Å². The van der Waals surface area contributed by atoms with E-state index in [-0.39, 0.29) is 11.9 Å². The predicted molar refractivity (Wildman–Crippen MR) is 69.0 cm³/mol. The van der Waals surface area contributed by atoms with Gasteiger partial charge in [0.05, 0.1) is 7.11 Å². The summed E-state index contributed by atoms with van der Waals surface area (Å²) in [5.41, 5.74) is 0. The number of piperidine rings is 1. The number of thiophene rings is 1. The second-order valence-corrected chi connectivity index (χ2v) is 5.51. The van der Waals surface area contributed by atoms with Gasteiger partial charge in [0.1, 0.15) is 10.6 Å². The van der Waals surface area contributed by atoms with Crippen LogP contribution in [0.5, 0.6) is 5.75 Å². The van der Waals surface area contributed by atoms with Gasteiger partial charge in [-0.15, -0.1) is 11.3 Å². The Bertz CT molecular complexity index is 397. The summed E-state index contributed by atoms with van der Waals surface area (Å²) in [4.78, 5) is 13.9. The normalized spacial score (nSPS) is 16.8. The molecule has 0 aromatic carbocycles. The lowest BCUT2D eigenvalue weighted by Crippen LogP contribution is -2.42. The molecule has 2 heterocycles. The molecule has 2 rings (SSSR count). The van der Waals surface area contributed by atoms with E-state index in [0.29, 0.717) is 10.6 Å². The average Bonchev–Trinajstić information content (AvgIpc) is 2.72. The van der Waals surface area contributed by atoms with Crippen molar-refractivity contribution in [1.29, 1.82) is 0 Å². The molecule has 0 atom stereocenters. The van der Waals surface area contributed by atoms with E-state index in [0.717, 1.165) is 30.8 Å². The van der Waals surface area contributed by atoms with Crippen LogP contribution >= 0.6 is 11.3 Å². The minimum Gasteiger partial charge on any atom is -0.495 e. The van der Waals surface area contributed by atoms with E-state index in [4.69, 9.17) is 4.74 Å². The second kappa shape index (κ2) is 5.51. The Morgan fingerprint density at radius 2 is 2.24 bits per heavy atom. The standard InChI is InChI=1S/C12H18N2O2S/c1-8-7-10(16-2)11(17-8)12(15)14-9-3-5-13-6-4-9/h7,9,13H,3-6H2,1-2H3,(H,14,15). The predicted octanol–water partition coefficient (Wildman–Crippen LogP) is 1.55. The second-order valence-electron chi connectivity index (χ2n) is 4.25. The van der Waals surface area contributed by atoms with E-state index in [1.165, 1.54) is 11.3 Å². The Balaban J connectivity index is 2.02. The van der Waals surface area contributed by atoms with Gasteiger partial charge in [-0.05, 0) is 38.9 Å². The summed E-state index contributed by atoms with van der Waals surface area (Å²) in [5.74, 6) is 0.672. The molecule has 17 heavy (non-hydrogen) atoms. The fraction of sp³-hybridized carbons (Fsp3) is 0.583. The molecule has 4 nitrogen and oxygen atoms in total. The highest BCUT2D eigenvalue weighted by Crippen LogP contribution is 2.28. The first-order valence-electron chi connectivity index (χ1n) is 5.86. The number of carbonyl (C=O) groups is 1. The first-order valence-corrected chi connectivity index (χ1v) is 6.68. The van der Waals surface area contributed by atoms with Crippen molar-refractivity contribution < 1.29 is 9.53 Å². The van der Waals surface area contributed by atoms with E-state index in [1.807, 2.05) is 13.0 Å². The Hall–Kier alpha value is -1.07. The Morgan fingerprint density at radius 3 is 2.88 bits per heavy atom. The minimum absolute atomic E-state index is 0.00755. The van der Waals surface area contributed by atoms with Gasteiger partial charge in [0.2, 0.25) is 0 Å². The van der Waals surface area contributed by atoms with Crippen LogP contribution in [0, 0.1) is 6.92 Å². The van der Waals surface area contributed by atoms with Crippen LogP contribution in [-0.2, 0) is 0 Å². The van der Waals surface area contributed by atoms with Gasteiger partial charge in [-0.3, -0.25) is 4.79 Å². The summed E-state index contributed by atoms with van der Waals surface area (Å²) in [5, 5.41) is 6.36. The monoisotopic (exact) mass is 254 g/mol. The molecule has 1 amide bonds. The van der Waals surface area contributed by atoms with Crippen LogP contribution in [-0.4, -0.2) is 32.1 Å². The molecule has 1 saturated heterocycles. The van der Waals surface area contributed by atoms with Crippen molar-refractivity contribution in [1.82, 2.24) is 10.6 Å². The molecule has 1 aromatic heterocycles. The van der Waals surface area contributed by atoms with Crippen molar-refractivity contribution >= 4 is 17.2 Å². The maximum atomic E-state index is 12.1. The van der Waals surface area contributed by atoms with Crippen LogP contribution in [0.25, 0.3) is 0 Å². The summed E-state index contributed by atoms with van der Waals surface area (Å²) >= 11 is 1.48. The average molecular weight is 254 g/mol. The first kappa shape index (κ1) is 12.4. The Labute approximate surface area is 105 Å². The van der Waals surface area contributed by atoms with Crippen molar-refractivity contribution in [2.45, 2.75) is 25.8 Å². The van der Waals surface area contributed by atoms with Crippen molar-refractivity contribution in [3.8, 4) is 5.75 Å². The Morgan fingerprint density at radius 1 is 1.53 bits per heavy atom. The number of methoxy groups -OCH3 is 1. The third-order valence-electron chi connectivity index (χ3n) is 2.92. The molecule has 2 N–H and O–H groups in total. The van der Waals surface area contributed by atoms with Crippen molar-refractivity contribution in [3.05, 3.63) is 15.8 Å². The number of ether oxygens (including phenoxy) is 1. The number of amides is 1. The number of rotatable bonds is 3. The van der Waals surface area contributed by atoms with Gasteiger partial charge in [-0.1, -0.05) is 0 Å². The SMILES string of the molecule is COc1cc(C)sc1C(=O)NC1CCNCC1. The molecular formula is C12H18N2O2S. The van der Waals surface area contributed by atoms with Crippen LogP contribution in [0.1, 0.15) is 27.4 Å². The zero-order valence-electron chi connectivity index (χ0n) is 10.2. The minimum atomic E-state index is -0.00755. The lowest BCUT2D eigenvalue weighted by atomic mass is 10.1. The van der Waals surface area contributed by atoms with E-state index in [9.17, 15) is 4.79 Å². The van der Waals surface area contributed by atoms with Crippen molar-refractivity contribution in [2.24, 2.45) is 0 Å². The van der Waals surface area contributed by atoms with Crippen LogP contribution in [0.2, 0.25) is 0 Å². The van der Waals surface area contributed by atoms with Crippen LogP contribution in [0.15, 0.2) is 6.07 Å². The molecule has 0 bridgehead atoms. The molecule has 1 aliphatic heterocycles. The fourth-order valence-corrected chi connectivity index (χ4v) is 2.90. The smallest absolute Gasteiger partial charge is 0.265 e. The van der Waals surface area contributed by atoms with Gasteiger partial charge in [0.15, 0.2) is 0 Å². The quantitative estimate of drug-likeness (QED) is 0.860. The summed E-state index contributed by atoms with van der Waals surface area (Å²) in [6.45, 7) is 3.94. The number of hydrogen-bond donors (Lipinski definition) is 2. The van der Waals surface area contributed by atoms with E-state index >= 15 is 0 Å².